The number of likely N-dealkylation sites (tertiary alicyclic amines) is 1. The van der Waals surface area contributed by atoms with Crippen molar-refractivity contribution < 1.29 is 4.79 Å². The normalized spacial score (nSPS) is 22.5. The van der Waals surface area contributed by atoms with Crippen LogP contribution in [0.5, 0.6) is 0 Å². The van der Waals surface area contributed by atoms with Gasteiger partial charge in [0, 0.05) is 25.7 Å². The van der Waals surface area contributed by atoms with Crippen LogP contribution in [0.3, 0.4) is 0 Å². The number of carbonyl (C=O) groups is 1. The Balaban J connectivity index is 1.97. The van der Waals surface area contributed by atoms with Crippen LogP contribution in [0.2, 0.25) is 0 Å². The number of nitrogens with two attached hydrogens (primary N) is 1. The molecule has 0 radical (unpaired) electrons. The molecule has 1 saturated heterocycles. The molecular weight excluding hydrogens is 262 g/mol. The van der Waals surface area contributed by atoms with E-state index in [-0.39, 0.29) is 6.04 Å². The zero-order valence-electron chi connectivity index (χ0n) is 13.7. The van der Waals surface area contributed by atoms with Gasteiger partial charge in [-0.1, -0.05) is 19.3 Å². The van der Waals surface area contributed by atoms with E-state index in [2.05, 4.69) is 16.7 Å². The Morgan fingerprint density at radius 1 is 1.14 bits per heavy atom. The van der Waals surface area contributed by atoms with Crippen LogP contribution in [-0.2, 0) is 4.79 Å². The Morgan fingerprint density at radius 2 is 1.76 bits per heavy atom. The Hall–Kier alpha value is -0.610. The lowest BCUT2D eigenvalue weighted by Crippen LogP contribution is -2.52. The van der Waals surface area contributed by atoms with Crippen LogP contribution in [0.4, 0.5) is 0 Å². The van der Waals surface area contributed by atoms with E-state index in [1.54, 1.807) is 0 Å². The van der Waals surface area contributed by atoms with Crippen molar-refractivity contribution in [2.45, 2.75) is 76.8 Å². The van der Waals surface area contributed by atoms with Crippen LogP contribution < -0.4 is 5.73 Å². The predicted octanol–water partition coefficient (Wildman–Crippen LogP) is 2.37. The highest BCUT2D eigenvalue weighted by molar-refractivity contribution is 5.81. The molecule has 1 aliphatic heterocycles. The van der Waals surface area contributed by atoms with Gasteiger partial charge in [-0.15, -0.1) is 0 Å². The molecule has 1 aliphatic carbocycles. The van der Waals surface area contributed by atoms with Crippen LogP contribution in [0.15, 0.2) is 0 Å². The van der Waals surface area contributed by atoms with Gasteiger partial charge in [0.2, 0.25) is 5.91 Å². The lowest BCUT2D eigenvalue weighted by molar-refractivity contribution is -0.138. The van der Waals surface area contributed by atoms with Gasteiger partial charge in [-0.05, 0) is 52.0 Å². The first-order valence-corrected chi connectivity index (χ1v) is 8.98. The molecule has 2 rings (SSSR count). The average molecular weight is 295 g/mol. The molecule has 0 bridgehead atoms. The number of rotatable bonds is 6. The second-order valence-electron chi connectivity index (χ2n) is 6.73. The molecule has 0 aromatic heterocycles. The Kier molecular flexibility index (Phi) is 6.97. The van der Waals surface area contributed by atoms with E-state index >= 15 is 0 Å². The van der Waals surface area contributed by atoms with E-state index in [4.69, 9.17) is 5.73 Å². The molecular formula is C17H33N3O. The molecule has 0 spiro atoms. The average Bonchev–Trinajstić information content (AvgIpc) is 2.56. The van der Waals surface area contributed by atoms with Crippen molar-refractivity contribution in [1.29, 1.82) is 0 Å². The van der Waals surface area contributed by atoms with E-state index in [9.17, 15) is 4.79 Å². The molecule has 2 fully saturated rings. The predicted molar refractivity (Wildman–Crippen MR) is 87.1 cm³/mol. The van der Waals surface area contributed by atoms with Crippen molar-refractivity contribution in [2.75, 3.05) is 26.2 Å². The van der Waals surface area contributed by atoms with E-state index in [0.29, 0.717) is 18.5 Å². The zero-order valence-corrected chi connectivity index (χ0v) is 13.7. The largest absolute Gasteiger partial charge is 0.341 e. The van der Waals surface area contributed by atoms with Gasteiger partial charge in [0.1, 0.15) is 0 Å². The van der Waals surface area contributed by atoms with Crippen LogP contribution in [-0.4, -0.2) is 54.0 Å². The summed E-state index contributed by atoms with van der Waals surface area (Å²) in [6.45, 7) is 5.72. The topological polar surface area (TPSA) is 49.6 Å². The fourth-order valence-corrected chi connectivity index (χ4v) is 3.90. The highest BCUT2D eigenvalue weighted by atomic mass is 16.2. The number of hydrogen-bond donors (Lipinski definition) is 1. The van der Waals surface area contributed by atoms with Gasteiger partial charge in [0.25, 0.3) is 0 Å². The van der Waals surface area contributed by atoms with Gasteiger partial charge in [-0.2, -0.15) is 0 Å². The third-order valence-electron chi connectivity index (χ3n) is 5.19. The molecule has 0 aromatic rings. The first kappa shape index (κ1) is 16.8. The standard InChI is InChI=1S/C17H33N3O/c1-15(17(21)19-12-6-3-7-13-19)20(14-8-11-18)16-9-4-2-5-10-16/h15-16H,2-14,18H2,1H3. The maximum absolute atomic E-state index is 12.8. The van der Waals surface area contributed by atoms with Crippen molar-refractivity contribution in [3.8, 4) is 0 Å². The summed E-state index contributed by atoms with van der Waals surface area (Å²) in [7, 11) is 0. The van der Waals surface area contributed by atoms with Gasteiger partial charge in [0.05, 0.1) is 6.04 Å². The Labute approximate surface area is 130 Å². The first-order valence-electron chi connectivity index (χ1n) is 8.98. The maximum atomic E-state index is 12.8. The second-order valence-corrected chi connectivity index (χ2v) is 6.73. The summed E-state index contributed by atoms with van der Waals surface area (Å²) in [5, 5.41) is 0. The molecule has 1 amide bonds. The summed E-state index contributed by atoms with van der Waals surface area (Å²) >= 11 is 0. The lowest BCUT2D eigenvalue weighted by Gasteiger charge is -2.40. The summed E-state index contributed by atoms with van der Waals surface area (Å²) < 4.78 is 0. The van der Waals surface area contributed by atoms with Crippen molar-refractivity contribution >= 4 is 5.91 Å². The van der Waals surface area contributed by atoms with Crippen LogP contribution >= 0.6 is 0 Å². The summed E-state index contributed by atoms with van der Waals surface area (Å²) in [6.07, 6.45) is 11.1. The molecule has 4 nitrogen and oxygen atoms in total. The Bertz CT molecular complexity index is 309. The molecule has 4 heteroatoms. The molecule has 122 valence electrons. The van der Waals surface area contributed by atoms with Crippen molar-refractivity contribution in [3.63, 3.8) is 0 Å². The van der Waals surface area contributed by atoms with Gasteiger partial charge < -0.3 is 10.6 Å². The fraction of sp³-hybridized carbons (Fsp3) is 0.941. The van der Waals surface area contributed by atoms with Crippen molar-refractivity contribution in [1.82, 2.24) is 9.80 Å². The third-order valence-corrected chi connectivity index (χ3v) is 5.19. The minimum atomic E-state index is 0.0257. The fourth-order valence-electron chi connectivity index (χ4n) is 3.90. The van der Waals surface area contributed by atoms with Crippen LogP contribution in [0.25, 0.3) is 0 Å². The maximum Gasteiger partial charge on any atom is 0.239 e. The third kappa shape index (κ3) is 4.68. The highest BCUT2D eigenvalue weighted by Crippen LogP contribution is 2.25. The second kappa shape index (κ2) is 8.74. The number of hydrogen-bond acceptors (Lipinski definition) is 3. The van der Waals surface area contributed by atoms with Gasteiger partial charge in [-0.25, -0.2) is 0 Å². The van der Waals surface area contributed by atoms with Gasteiger partial charge in [-0.3, -0.25) is 9.69 Å². The summed E-state index contributed by atoms with van der Waals surface area (Å²) in [5.41, 5.74) is 5.70. The zero-order chi connectivity index (χ0) is 15.1. The summed E-state index contributed by atoms with van der Waals surface area (Å²) in [4.78, 5) is 17.3. The number of piperidine rings is 1. The van der Waals surface area contributed by atoms with E-state index in [1.807, 2.05) is 0 Å². The van der Waals surface area contributed by atoms with Crippen LogP contribution in [0, 0.1) is 0 Å². The molecule has 0 aromatic carbocycles. The van der Waals surface area contributed by atoms with Crippen molar-refractivity contribution in [2.24, 2.45) is 5.73 Å². The number of nitrogens with zero attached hydrogens (tertiary/aromatic N) is 2. The highest BCUT2D eigenvalue weighted by Gasteiger charge is 2.31. The lowest BCUT2D eigenvalue weighted by atomic mass is 9.93. The minimum Gasteiger partial charge on any atom is -0.341 e. The molecule has 1 heterocycles. The van der Waals surface area contributed by atoms with Crippen molar-refractivity contribution in [3.05, 3.63) is 0 Å². The van der Waals surface area contributed by atoms with Gasteiger partial charge >= 0.3 is 0 Å². The number of carbonyl (C=O) groups excluding carboxylic acids is 1. The van der Waals surface area contributed by atoms with E-state index in [0.717, 1.165) is 26.1 Å². The monoisotopic (exact) mass is 295 g/mol. The minimum absolute atomic E-state index is 0.0257. The molecule has 2 aliphatic rings. The van der Waals surface area contributed by atoms with E-state index in [1.165, 1.54) is 51.4 Å². The summed E-state index contributed by atoms with van der Waals surface area (Å²) in [6, 6.07) is 0.617. The quantitative estimate of drug-likeness (QED) is 0.818. The molecule has 1 unspecified atom stereocenters. The molecule has 21 heavy (non-hydrogen) atoms. The van der Waals surface area contributed by atoms with Gasteiger partial charge in [0.15, 0.2) is 0 Å². The first-order chi connectivity index (χ1) is 10.2. The Morgan fingerprint density at radius 3 is 2.38 bits per heavy atom. The molecule has 1 atom stereocenters. The number of amides is 1. The van der Waals surface area contributed by atoms with E-state index < -0.39 is 0 Å². The smallest absolute Gasteiger partial charge is 0.239 e. The van der Waals surface area contributed by atoms with Crippen LogP contribution in [0.1, 0.15) is 64.7 Å². The summed E-state index contributed by atoms with van der Waals surface area (Å²) in [5.74, 6) is 0.345. The molecule has 2 N–H and O–H groups in total. The molecule has 1 saturated carbocycles. The SMILES string of the molecule is CC(C(=O)N1CCCCC1)N(CCCN)C1CCCCC1.